The fraction of sp³-hybridized carbons (Fsp3) is 0.615. The highest BCUT2D eigenvalue weighted by Gasteiger charge is 2.28. The van der Waals surface area contributed by atoms with E-state index in [1.165, 1.54) is 0 Å². The maximum atomic E-state index is 10.7. The molecule has 2 atom stereocenters. The maximum absolute atomic E-state index is 10.7. The van der Waals surface area contributed by atoms with Gasteiger partial charge in [-0.2, -0.15) is 0 Å². The van der Waals surface area contributed by atoms with Gasteiger partial charge in [-0.1, -0.05) is 0 Å². The summed E-state index contributed by atoms with van der Waals surface area (Å²) in [6, 6.07) is 4.50. The second-order valence-electron chi connectivity index (χ2n) is 4.85. The summed E-state index contributed by atoms with van der Waals surface area (Å²) in [5, 5.41) is 12.1. The van der Waals surface area contributed by atoms with Crippen molar-refractivity contribution < 1.29 is 14.3 Å². The van der Waals surface area contributed by atoms with Gasteiger partial charge in [-0.15, -0.1) is 0 Å². The first-order valence-electron chi connectivity index (χ1n) is 6.37. The molecule has 2 N–H and O–H groups in total. The van der Waals surface area contributed by atoms with Gasteiger partial charge < -0.3 is 14.8 Å². The maximum Gasteiger partial charge on any atom is 0.303 e. The van der Waals surface area contributed by atoms with E-state index in [2.05, 4.69) is 17.1 Å². The molecule has 0 aliphatic carbocycles. The first-order chi connectivity index (χ1) is 8.66. The normalized spacial score (nSPS) is 25.2. The Morgan fingerprint density at radius 1 is 1.61 bits per heavy atom. The number of nitrogens with zero attached hydrogens (tertiary/aromatic N) is 1. The van der Waals surface area contributed by atoms with E-state index in [0.717, 1.165) is 25.4 Å². The lowest BCUT2D eigenvalue weighted by molar-refractivity contribution is -0.137. The lowest BCUT2D eigenvalue weighted by Gasteiger charge is -2.40. The second-order valence-corrected chi connectivity index (χ2v) is 4.85. The Balaban J connectivity index is 1.98. The smallest absolute Gasteiger partial charge is 0.303 e. The molecule has 100 valence electrons. The van der Waals surface area contributed by atoms with Crippen molar-refractivity contribution in [3.63, 3.8) is 0 Å². The van der Waals surface area contributed by atoms with E-state index in [4.69, 9.17) is 9.52 Å². The van der Waals surface area contributed by atoms with Gasteiger partial charge in [0.05, 0.1) is 12.8 Å². The summed E-state index contributed by atoms with van der Waals surface area (Å²) in [5.74, 6) is 0.204. The number of rotatable bonds is 5. The van der Waals surface area contributed by atoms with Crippen molar-refractivity contribution in [2.45, 2.75) is 38.4 Å². The van der Waals surface area contributed by atoms with Crippen LogP contribution in [0.2, 0.25) is 0 Å². The number of carbonyl (C=O) groups is 1. The lowest BCUT2D eigenvalue weighted by Crippen LogP contribution is -2.55. The zero-order chi connectivity index (χ0) is 13.0. The molecule has 1 aromatic rings. The van der Waals surface area contributed by atoms with Crippen LogP contribution in [0.1, 0.15) is 25.5 Å². The molecule has 2 unspecified atom stereocenters. The molecule has 0 saturated carbocycles. The predicted octanol–water partition coefficient (Wildman–Crippen LogP) is 1.31. The average Bonchev–Trinajstić information content (AvgIpc) is 2.82. The predicted molar refractivity (Wildman–Crippen MR) is 67.2 cm³/mol. The Bertz CT molecular complexity index is 378. The molecule has 1 aliphatic rings. The van der Waals surface area contributed by atoms with Crippen LogP contribution in [0.4, 0.5) is 0 Å². The van der Waals surface area contributed by atoms with Crippen LogP contribution in [-0.4, -0.2) is 41.1 Å². The van der Waals surface area contributed by atoms with E-state index < -0.39 is 5.97 Å². The molecule has 0 amide bonds. The highest BCUT2D eigenvalue weighted by Crippen LogP contribution is 2.18. The fourth-order valence-corrected chi connectivity index (χ4v) is 2.48. The third-order valence-corrected chi connectivity index (χ3v) is 3.46. The Labute approximate surface area is 107 Å². The number of nitrogens with one attached hydrogen (secondary N) is 1. The molecule has 0 bridgehead atoms. The van der Waals surface area contributed by atoms with Gasteiger partial charge in [-0.25, -0.2) is 0 Å². The molecule has 1 fully saturated rings. The first-order valence-corrected chi connectivity index (χ1v) is 6.37. The quantitative estimate of drug-likeness (QED) is 0.827. The molecule has 0 aromatic carbocycles. The summed E-state index contributed by atoms with van der Waals surface area (Å²) in [7, 11) is 0. The van der Waals surface area contributed by atoms with Gasteiger partial charge in [-0.3, -0.25) is 9.69 Å². The van der Waals surface area contributed by atoms with Crippen molar-refractivity contribution in [3.8, 4) is 0 Å². The highest BCUT2D eigenvalue weighted by molar-refractivity contribution is 5.66. The number of hydrogen-bond donors (Lipinski definition) is 2. The van der Waals surface area contributed by atoms with Crippen LogP contribution < -0.4 is 5.32 Å². The van der Waals surface area contributed by atoms with Gasteiger partial charge >= 0.3 is 5.97 Å². The molecule has 0 radical (unpaired) electrons. The van der Waals surface area contributed by atoms with Gasteiger partial charge in [-0.05, 0) is 25.5 Å². The molecular formula is C13H20N2O3. The zero-order valence-electron chi connectivity index (χ0n) is 10.6. The van der Waals surface area contributed by atoms with Crippen LogP contribution in [-0.2, 0) is 11.3 Å². The Kier molecular flexibility index (Phi) is 4.38. The minimum atomic E-state index is -0.730. The Hall–Kier alpha value is -1.33. The number of aliphatic carboxylic acids is 1. The molecular weight excluding hydrogens is 232 g/mol. The van der Waals surface area contributed by atoms with Crippen LogP contribution >= 0.6 is 0 Å². The van der Waals surface area contributed by atoms with Crippen molar-refractivity contribution >= 4 is 5.97 Å². The van der Waals surface area contributed by atoms with Crippen LogP contribution in [0.3, 0.4) is 0 Å². The van der Waals surface area contributed by atoms with Gasteiger partial charge in [0.15, 0.2) is 0 Å². The fourth-order valence-electron chi connectivity index (χ4n) is 2.48. The van der Waals surface area contributed by atoms with Crippen LogP contribution in [0.15, 0.2) is 22.8 Å². The molecule has 1 saturated heterocycles. The number of carboxylic acids is 1. The van der Waals surface area contributed by atoms with Crippen molar-refractivity contribution in [1.29, 1.82) is 0 Å². The number of hydrogen-bond acceptors (Lipinski definition) is 4. The molecule has 1 aliphatic heterocycles. The zero-order valence-corrected chi connectivity index (χ0v) is 10.6. The monoisotopic (exact) mass is 252 g/mol. The Morgan fingerprint density at radius 2 is 2.44 bits per heavy atom. The van der Waals surface area contributed by atoms with Crippen molar-refractivity contribution in [1.82, 2.24) is 10.2 Å². The number of carboxylic acid groups (broad SMARTS) is 1. The van der Waals surface area contributed by atoms with Crippen LogP contribution in [0.5, 0.6) is 0 Å². The SMILES string of the molecule is CC1CNCC(CCC(=O)O)N1Cc1ccco1. The molecule has 2 heterocycles. The van der Waals surface area contributed by atoms with E-state index in [9.17, 15) is 4.79 Å². The van der Waals surface area contributed by atoms with Gasteiger partial charge in [0.1, 0.15) is 5.76 Å². The van der Waals surface area contributed by atoms with Gasteiger partial charge in [0.2, 0.25) is 0 Å². The van der Waals surface area contributed by atoms with E-state index in [1.54, 1.807) is 6.26 Å². The number of furan rings is 1. The standard InChI is InChI=1S/C13H20N2O3/c1-10-7-14-8-11(4-5-13(16)17)15(10)9-12-3-2-6-18-12/h2-3,6,10-11,14H,4-5,7-9H2,1H3,(H,16,17). The molecule has 0 spiro atoms. The summed E-state index contributed by atoms with van der Waals surface area (Å²) in [6.45, 7) is 4.69. The van der Waals surface area contributed by atoms with Gasteiger partial charge in [0, 0.05) is 31.6 Å². The third kappa shape index (κ3) is 3.34. The second kappa shape index (κ2) is 6.02. The van der Waals surface area contributed by atoms with E-state index >= 15 is 0 Å². The summed E-state index contributed by atoms with van der Waals surface area (Å²) in [6.07, 6.45) is 2.57. The third-order valence-electron chi connectivity index (χ3n) is 3.46. The summed E-state index contributed by atoms with van der Waals surface area (Å²) >= 11 is 0. The molecule has 18 heavy (non-hydrogen) atoms. The van der Waals surface area contributed by atoms with Crippen molar-refractivity contribution in [2.24, 2.45) is 0 Å². The highest BCUT2D eigenvalue weighted by atomic mass is 16.4. The van der Waals surface area contributed by atoms with E-state index in [-0.39, 0.29) is 12.5 Å². The summed E-state index contributed by atoms with van der Waals surface area (Å²) in [4.78, 5) is 13.0. The minimum absolute atomic E-state index is 0.216. The molecule has 1 aromatic heterocycles. The van der Waals surface area contributed by atoms with E-state index in [1.807, 2.05) is 12.1 Å². The molecule has 2 rings (SSSR count). The largest absolute Gasteiger partial charge is 0.481 e. The van der Waals surface area contributed by atoms with Crippen LogP contribution in [0, 0.1) is 0 Å². The summed E-state index contributed by atoms with van der Waals surface area (Å²) in [5.41, 5.74) is 0. The van der Waals surface area contributed by atoms with Crippen LogP contribution in [0.25, 0.3) is 0 Å². The lowest BCUT2D eigenvalue weighted by atomic mass is 10.0. The topological polar surface area (TPSA) is 65.7 Å². The molecule has 5 nitrogen and oxygen atoms in total. The minimum Gasteiger partial charge on any atom is -0.481 e. The Morgan fingerprint density at radius 3 is 3.11 bits per heavy atom. The first kappa shape index (κ1) is 13.1. The number of piperazine rings is 1. The van der Waals surface area contributed by atoms with E-state index in [0.29, 0.717) is 12.5 Å². The average molecular weight is 252 g/mol. The van der Waals surface area contributed by atoms with Crippen molar-refractivity contribution in [3.05, 3.63) is 24.2 Å². The summed E-state index contributed by atoms with van der Waals surface area (Å²) < 4.78 is 5.38. The van der Waals surface area contributed by atoms with Gasteiger partial charge in [0.25, 0.3) is 0 Å². The molecule has 5 heteroatoms. The van der Waals surface area contributed by atoms with Crippen molar-refractivity contribution in [2.75, 3.05) is 13.1 Å².